The summed E-state index contributed by atoms with van der Waals surface area (Å²) >= 11 is 1.98. The van der Waals surface area contributed by atoms with Crippen molar-refractivity contribution in [3.63, 3.8) is 0 Å². The zero-order chi connectivity index (χ0) is 23.0. The van der Waals surface area contributed by atoms with Crippen molar-refractivity contribution in [1.29, 1.82) is 0 Å². The van der Waals surface area contributed by atoms with Crippen molar-refractivity contribution in [3.8, 4) is 0 Å². The Morgan fingerprint density at radius 1 is 0.719 bits per heavy atom. The molecular formula is C29H52O2S. The first kappa shape index (κ1) is 29.5. The fourth-order valence-corrected chi connectivity index (χ4v) is 4.60. The van der Waals surface area contributed by atoms with Crippen molar-refractivity contribution in [1.82, 2.24) is 0 Å². The molecule has 186 valence electrons. The molecule has 0 aliphatic carbocycles. The molecule has 1 unspecified atom stereocenters. The molecule has 1 rings (SSSR count). The van der Waals surface area contributed by atoms with Crippen LogP contribution in [0.1, 0.15) is 115 Å². The molecule has 1 aromatic rings. The monoisotopic (exact) mass is 464 g/mol. The van der Waals surface area contributed by atoms with Crippen molar-refractivity contribution in [2.45, 2.75) is 122 Å². The lowest BCUT2D eigenvalue weighted by atomic mass is 10.0. The van der Waals surface area contributed by atoms with Crippen LogP contribution in [0.3, 0.4) is 0 Å². The SMILES string of the molecule is CCCC(COCCCCCCCCCCCCCCCCSC)OCc1ccccc1. The van der Waals surface area contributed by atoms with E-state index in [1.165, 1.54) is 101 Å². The topological polar surface area (TPSA) is 18.5 Å². The van der Waals surface area contributed by atoms with Gasteiger partial charge in [-0.15, -0.1) is 0 Å². The number of hydrogen-bond acceptors (Lipinski definition) is 3. The molecule has 0 N–H and O–H groups in total. The highest BCUT2D eigenvalue weighted by molar-refractivity contribution is 7.98. The summed E-state index contributed by atoms with van der Waals surface area (Å²) in [6, 6.07) is 10.4. The first-order chi connectivity index (χ1) is 15.9. The van der Waals surface area contributed by atoms with Gasteiger partial charge in [-0.2, -0.15) is 11.8 Å². The third kappa shape index (κ3) is 19.0. The van der Waals surface area contributed by atoms with Gasteiger partial charge in [0.15, 0.2) is 0 Å². The fraction of sp³-hybridized carbons (Fsp3) is 0.793. The highest BCUT2D eigenvalue weighted by Gasteiger charge is 2.08. The van der Waals surface area contributed by atoms with Gasteiger partial charge in [0.1, 0.15) is 0 Å². The van der Waals surface area contributed by atoms with E-state index in [-0.39, 0.29) is 6.10 Å². The molecule has 0 aliphatic heterocycles. The Morgan fingerprint density at radius 2 is 1.25 bits per heavy atom. The average Bonchev–Trinajstić information content (AvgIpc) is 2.82. The van der Waals surface area contributed by atoms with Crippen molar-refractivity contribution < 1.29 is 9.47 Å². The highest BCUT2D eigenvalue weighted by atomic mass is 32.2. The Balaban J connectivity index is 1.82. The molecule has 3 heteroatoms. The minimum Gasteiger partial charge on any atom is -0.379 e. The van der Waals surface area contributed by atoms with E-state index in [9.17, 15) is 0 Å². The van der Waals surface area contributed by atoms with E-state index in [0.717, 1.165) is 26.1 Å². The van der Waals surface area contributed by atoms with Crippen molar-refractivity contribution in [3.05, 3.63) is 35.9 Å². The summed E-state index contributed by atoms with van der Waals surface area (Å²) in [5.74, 6) is 1.34. The van der Waals surface area contributed by atoms with Gasteiger partial charge in [-0.3, -0.25) is 0 Å². The lowest BCUT2D eigenvalue weighted by Gasteiger charge is -2.17. The van der Waals surface area contributed by atoms with Gasteiger partial charge in [0.25, 0.3) is 0 Å². The summed E-state index contributed by atoms with van der Waals surface area (Å²) in [4.78, 5) is 0. The molecule has 1 atom stereocenters. The van der Waals surface area contributed by atoms with Gasteiger partial charge in [-0.25, -0.2) is 0 Å². The van der Waals surface area contributed by atoms with E-state index in [0.29, 0.717) is 6.61 Å². The van der Waals surface area contributed by atoms with E-state index in [4.69, 9.17) is 9.47 Å². The molecule has 0 heterocycles. The minimum atomic E-state index is 0.223. The molecule has 0 fully saturated rings. The second-order valence-corrected chi connectivity index (χ2v) is 10.2. The van der Waals surface area contributed by atoms with E-state index < -0.39 is 0 Å². The van der Waals surface area contributed by atoms with Gasteiger partial charge in [0, 0.05) is 6.61 Å². The molecule has 0 amide bonds. The first-order valence-corrected chi connectivity index (χ1v) is 15.0. The van der Waals surface area contributed by atoms with Crippen molar-refractivity contribution in [2.24, 2.45) is 0 Å². The summed E-state index contributed by atoms with van der Waals surface area (Å²) in [5.41, 5.74) is 1.24. The fourth-order valence-electron chi connectivity index (χ4n) is 4.11. The molecule has 1 aromatic carbocycles. The molecule has 0 radical (unpaired) electrons. The van der Waals surface area contributed by atoms with Crippen LogP contribution in [-0.4, -0.2) is 31.3 Å². The lowest BCUT2D eigenvalue weighted by molar-refractivity contribution is -0.0295. The predicted molar refractivity (Wildman–Crippen MR) is 144 cm³/mol. The number of rotatable bonds is 24. The van der Waals surface area contributed by atoms with Gasteiger partial charge < -0.3 is 9.47 Å². The van der Waals surface area contributed by atoms with Crippen LogP contribution in [-0.2, 0) is 16.1 Å². The Kier molecular flexibility index (Phi) is 21.8. The normalized spacial score (nSPS) is 12.3. The summed E-state index contributed by atoms with van der Waals surface area (Å²) in [7, 11) is 0. The van der Waals surface area contributed by atoms with Crippen LogP contribution in [0.5, 0.6) is 0 Å². The minimum absolute atomic E-state index is 0.223. The maximum atomic E-state index is 6.08. The van der Waals surface area contributed by atoms with Crippen LogP contribution >= 0.6 is 11.8 Å². The predicted octanol–water partition coefficient (Wildman–Crippen LogP) is 9.21. The molecule has 0 bridgehead atoms. The zero-order valence-electron chi connectivity index (χ0n) is 21.3. The Bertz CT molecular complexity index is 479. The van der Waals surface area contributed by atoms with Gasteiger partial charge in [0.2, 0.25) is 0 Å². The van der Waals surface area contributed by atoms with E-state index >= 15 is 0 Å². The molecule has 0 spiro atoms. The summed E-state index contributed by atoms with van der Waals surface area (Å²) in [6.07, 6.45) is 24.3. The quantitative estimate of drug-likeness (QED) is 0.142. The molecule has 0 aromatic heterocycles. The molecule has 0 aliphatic rings. The number of hydrogen-bond donors (Lipinski definition) is 0. The van der Waals surface area contributed by atoms with Crippen LogP contribution in [0.25, 0.3) is 0 Å². The smallest absolute Gasteiger partial charge is 0.0812 e. The summed E-state index contributed by atoms with van der Waals surface area (Å²) in [6.45, 7) is 4.52. The largest absolute Gasteiger partial charge is 0.379 e. The number of ether oxygens (including phenoxy) is 2. The van der Waals surface area contributed by atoms with Crippen molar-refractivity contribution in [2.75, 3.05) is 25.2 Å². The Labute approximate surface area is 204 Å². The van der Waals surface area contributed by atoms with Crippen LogP contribution in [0.15, 0.2) is 30.3 Å². The van der Waals surface area contributed by atoms with Crippen molar-refractivity contribution >= 4 is 11.8 Å². The van der Waals surface area contributed by atoms with Gasteiger partial charge in [0.05, 0.1) is 19.3 Å². The molecular weight excluding hydrogens is 412 g/mol. The zero-order valence-corrected chi connectivity index (χ0v) is 22.1. The van der Waals surface area contributed by atoms with Gasteiger partial charge in [-0.1, -0.05) is 121 Å². The second-order valence-electron chi connectivity index (χ2n) is 9.22. The first-order valence-electron chi connectivity index (χ1n) is 13.6. The van der Waals surface area contributed by atoms with Crippen LogP contribution in [0, 0.1) is 0 Å². The van der Waals surface area contributed by atoms with Gasteiger partial charge >= 0.3 is 0 Å². The summed E-state index contributed by atoms with van der Waals surface area (Å²) < 4.78 is 12.0. The lowest BCUT2D eigenvalue weighted by Crippen LogP contribution is -2.20. The van der Waals surface area contributed by atoms with Crippen LogP contribution < -0.4 is 0 Å². The molecule has 0 saturated heterocycles. The highest BCUT2D eigenvalue weighted by Crippen LogP contribution is 2.14. The average molecular weight is 465 g/mol. The van der Waals surface area contributed by atoms with Crippen LogP contribution in [0.2, 0.25) is 0 Å². The van der Waals surface area contributed by atoms with E-state index in [2.05, 4.69) is 37.4 Å². The standard InChI is InChI=1S/C29H52O2S/c1-3-21-29(31-26-28-22-17-16-18-23-28)27-30-24-19-14-12-10-8-6-4-5-7-9-11-13-15-20-25-32-2/h16-18,22-23,29H,3-15,19-21,24-27H2,1-2H3. The van der Waals surface area contributed by atoms with Gasteiger partial charge in [-0.05, 0) is 36.8 Å². The summed E-state index contributed by atoms with van der Waals surface area (Å²) in [5, 5.41) is 0. The molecule has 2 nitrogen and oxygen atoms in total. The Hall–Kier alpha value is -0.510. The number of benzene rings is 1. The maximum absolute atomic E-state index is 6.08. The van der Waals surface area contributed by atoms with E-state index in [1.807, 2.05) is 17.8 Å². The van der Waals surface area contributed by atoms with Crippen LogP contribution in [0.4, 0.5) is 0 Å². The third-order valence-corrected chi connectivity index (χ3v) is 6.83. The molecule has 32 heavy (non-hydrogen) atoms. The third-order valence-electron chi connectivity index (χ3n) is 6.13. The number of unbranched alkanes of at least 4 members (excludes halogenated alkanes) is 13. The maximum Gasteiger partial charge on any atom is 0.0812 e. The Morgan fingerprint density at radius 3 is 1.78 bits per heavy atom. The van der Waals surface area contributed by atoms with E-state index in [1.54, 1.807) is 0 Å². The second kappa shape index (κ2) is 23.6. The molecule has 0 saturated carbocycles. The number of thioether (sulfide) groups is 1.